The van der Waals surface area contributed by atoms with Gasteiger partial charge in [0.25, 0.3) is 0 Å². The second-order valence-electron chi connectivity index (χ2n) is 10.8. The van der Waals surface area contributed by atoms with E-state index in [1.54, 1.807) is 51.1 Å². The van der Waals surface area contributed by atoms with Crippen LogP contribution in [0.25, 0.3) is 11.1 Å². The average molecular weight is 605 g/mol. The van der Waals surface area contributed by atoms with Crippen molar-refractivity contribution in [3.05, 3.63) is 113 Å². The Morgan fingerprint density at radius 2 is 1.55 bits per heavy atom. The summed E-state index contributed by atoms with van der Waals surface area (Å²) in [6.45, 7) is 5.74. The van der Waals surface area contributed by atoms with Crippen LogP contribution in [-0.4, -0.2) is 35.9 Å². The van der Waals surface area contributed by atoms with Gasteiger partial charge in [-0.25, -0.2) is 18.4 Å². The van der Waals surface area contributed by atoms with Crippen LogP contribution >= 0.6 is 0 Å². The molecule has 230 valence electrons. The summed E-state index contributed by atoms with van der Waals surface area (Å²) in [5.74, 6) is -1.98. The molecule has 4 aromatic rings. The second kappa shape index (κ2) is 14.4. The van der Waals surface area contributed by atoms with Crippen LogP contribution in [0.1, 0.15) is 42.3 Å². The Balaban J connectivity index is 1.50. The first kappa shape index (κ1) is 31.8. The zero-order valence-electron chi connectivity index (χ0n) is 24.7. The van der Waals surface area contributed by atoms with Crippen molar-refractivity contribution in [2.24, 2.45) is 0 Å². The Bertz CT molecular complexity index is 1610. The van der Waals surface area contributed by atoms with Gasteiger partial charge < -0.3 is 30.0 Å². The Labute approximate surface area is 254 Å². The van der Waals surface area contributed by atoms with Gasteiger partial charge in [-0.3, -0.25) is 0 Å². The topological polar surface area (TPSA) is 106 Å². The molecule has 10 heteroatoms. The summed E-state index contributed by atoms with van der Waals surface area (Å²) in [5, 5.41) is 15.1. The number of rotatable bonds is 12. The minimum absolute atomic E-state index is 0.00170. The lowest BCUT2D eigenvalue weighted by atomic mass is 10.0. The number of hydrogen-bond acceptors (Lipinski definition) is 6. The van der Waals surface area contributed by atoms with Crippen LogP contribution in [0.5, 0.6) is 11.5 Å². The van der Waals surface area contributed by atoms with Crippen molar-refractivity contribution in [2.45, 2.75) is 39.5 Å². The predicted octanol–water partition coefficient (Wildman–Crippen LogP) is 7.42. The van der Waals surface area contributed by atoms with E-state index < -0.39 is 29.3 Å². The highest BCUT2D eigenvalue weighted by Gasteiger charge is 2.18. The first-order chi connectivity index (χ1) is 21.0. The molecule has 0 radical (unpaired) electrons. The van der Waals surface area contributed by atoms with E-state index in [4.69, 9.17) is 14.2 Å². The summed E-state index contributed by atoms with van der Waals surface area (Å²) in [5.41, 5.74) is 1.27. The normalized spacial score (nSPS) is 11.0. The molecular formula is C34H34F2N2O6. The number of benzene rings is 4. The number of ether oxygens (including phenoxy) is 3. The lowest BCUT2D eigenvalue weighted by Crippen LogP contribution is -2.34. The monoisotopic (exact) mass is 604 g/mol. The van der Waals surface area contributed by atoms with Gasteiger partial charge in [-0.15, -0.1) is 0 Å². The highest BCUT2D eigenvalue weighted by Crippen LogP contribution is 2.35. The molecule has 0 bridgehead atoms. The largest absolute Gasteiger partial charge is 0.491 e. The van der Waals surface area contributed by atoms with Gasteiger partial charge in [-0.2, -0.15) is 0 Å². The van der Waals surface area contributed by atoms with Gasteiger partial charge in [0.05, 0.1) is 17.8 Å². The van der Waals surface area contributed by atoms with E-state index in [1.807, 2.05) is 30.3 Å². The molecule has 0 aromatic heterocycles. The number of carboxylic acids is 1. The quantitative estimate of drug-likeness (QED) is 0.145. The van der Waals surface area contributed by atoms with E-state index in [9.17, 15) is 19.1 Å². The van der Waals surface area contributed by atoms with Gasteiger partial charge >= 0.3 is 12.1 Å². The molecule has 8 nitrogen and oxygen atoms in total. The van der Waals surface area contributed by atoms with Gasteiger partial charge in [-0.05, 0) is 56.7 Å². The molecule has 0 heterocycles. The Morgan fingerprint density at radius 1 is 0.818 bits per heavy atom. The van der Waals surface area contributed by atoms with E-state index in [-0.39, 0.29) is 43.1 Å². The van der Waals surface area contributed by atoms with E-state index in [0.29, 0.717) is 22.6 Å². The van der Waals surface area contributed by atoms with Gasteiger partial charge in [-0.1, -0.05) is 48.5 Å². The maximum absolute atomic E-state index is 15.1. The number of anilines is 1. The van der Waals surface area contributed by atoms with Crippen LogP contribution in [0.3, 0.4) is 0 Å². The van der Waals surface area contributed by atoms with Crippen molar-refractivity contribution < 1.29 is 37.7 Å². The zero-order chi connectivity index (χ0) is 31.7. The predicted molar refractivity (Wildman–Crippen MR) is 163 cm³/mol. The highest BCUT2D eigenvalue weighted by molar-refractivity contribution is 5.88. The third-order valence-electron chi connectivity index (χ3n) is 6.28. The van der Waals surface area contributed by atoms with Gasteiger partial charge in [0.2, 0.25) is 0 Å². The van der Waals surface area contributed by atoms with E-state index in [2.05, 4.69) is 10.6 Å². The van der Waals surface area contributed by atoms with E-state index >= 15 is 4.39 Å². The number of halogens is 2. The van der Waals surface area contributed by atoms with Crippen LogP contribution in [0.15, 0.2) is 84.9 Å². The summed E-state index contributed by atoms with van der Waals surface area (Å²) < 4.78 is 47.0. The molecule has 0 spiro atoms. The number of carbonyl (C=O) groups excluding carboxylic acids is 1. The number of para-hydroxylation sites is 1. The minimum Gasteiger partial charge on any atom is -0.491 e. The van der Waals surface area contributed by atoms with E-state index in [0.717, 1.165) is 11.6 Å². The molecule has 3 N–H and O–H groups in total. The van der Waals surface area contributed by atoms with Crippen molar-refractivity contribution in [3.8, 4) is 22.6 Å². The third kappa shape index (κ3) is 8.94. The molecule has 0 saturated carbocycles. The zero-order valence-corrected chi connectivity index (χ0v) is 24.7. The molecule has 0 aliphatic rings. The van der Waals surface area contributed by atoms with Crippen molar-refractivity contribution in [2.75, 3.05) is 18.5 Å². The van der Waals surface area contributed by atoms with Crippen LogP contribution in [0.2, 0.25) is 0 Å². The molecule has 0 unspecified atom stereocenters. The smallest absolute Gasteiger partial charge is 0.407 e. The number of hydrogen-bond donors (Lipinski definition) is 3. The van der Waals surface area contributed by atoms with Crippen LogP contribution in [0, 0.1) is 11.6 Å². The van der Waals surface area contributed by atoms with Gasteiger partial charge in [0.15, 0.2) is 0 Å². The standard InChI is InChI=1S/C34H34F2N2O6/c1-34(2,3)44-33(41)37-15-16-42-31-12-8-7-11-25(31)26-18-29(28(36)19-27(26)35)38-20-24-17-23(32(39)40)13-14-30(24)43-21-22-9-5-4-6-10-22/h4-14,17-19,38H,15-16,20-21H2,1-3H3,(H,37,41)(H,39,40). The lowest BCUT2D eigenvalue weighted by Gasteiger charge is -2.20. The Kier molecular flexibility index (Phi) is 10.4. The molecule has 0 atom stereocenters. The highest BCUT2D eigenvalue weighted by atomic mass is 19.1. The van der Waals surface area contributed by atoms with E-state index in [1.165, 1.54) is 18.2 Å². The number of nitrogens with one attached hydrogen (secondary N) is 2. The molecular weight excluding hydrogens is 570 g/mol. The fourth-order valence-corrected chi connectivity index (χ4v) is 4.25. The first-order valence-corrected chi connectivity index (χ1v) is 13.9. The van der Waals surface area contributed by atoms with Gasteiger partial charge in [0, 0.05) is 29.3 Å². The Morgan fingerprint density at radius 3 is 2.27 bits per heavy atom. The molecule has 4 rings (SSSR count). The molecule has 0 saturated heterocycles. The van der Waals surface area contributed by atoms with Crippen molar-refractivity contribution in [1.29, 1.82) is 0 Å². The van der Waals surface area contributed by atoms with Crippen molar-refractivity contribution in [3.63, 3.8) is 0 Å². The molecule has 4 aromatic carbocycles. The maximum atomic E-state index is 15.1. The molecule has 0 aliphatic carbocycles. The fraction of sp³-hybridized carbons (Fsp3) is 0.235. The summed E-state index contributed by atoms with van der Waals surface area (Å²) >= 11 is 0. The molecule has 1 amide bonds. The summed E-state index contributed by atoms with van der Waals surface area (Å²) in [7, 11) is 0. The molecule has 0 aliphatic heterocycles. The minimum atomic E-state index is -1.12. The SMILES string of the molecule is CC(C)(C)OC(=O)NCCOc1ccccc1-c1cc(NCc2cc(C(=O)O)ccc2OCc2ccccc2)c(F)cc1F. The number of amides is 1. The molecule has 0 fully saturated rings. The average Bonchev–Trinajstić information content (AvgIpc) is 2.98. The van der Waals surface area contributed by atoms with Crippen molar-refractivity contribution >= 4 is 17.7 Å². The summed E-state index contributed by atoms with van der Waals surface area (Å²) in [6, 6.07) is 22.7. The van der Waals surface area contributed by atoms with Crippen molar-refractivity contribution in [1.82, 2.24) is 5.32 Å². The first-order valence-electron chi connectivity index (χ1n) is 13.9. The Hall–Kier alpha value is -5.12. The lowest BCUT2D eigenvalue weighted by molar-refractivity contribution is 0.0519. The number of aromatic carboxylic acids is 1. The second-order valence-corrected chi connectivity index (χ2v) is 10.8. The van der Waals surface area contributed by atoms with Gasteiger partial charge in [0.1, 0.15) is 41.9 Å². The summed E-state index contributed by atoms with van der Waals surface area (Å²) in [6.07, 6.45) is -0.586. The third-order valence-corrected chi connectivity index (χ3v) is 6.28. The molecule has 44 heavy (non-hydrogen) atoms. The maximum Gasteiger partial charge on any atom is 0.407 e. The fourth-order valence-electron chi connectivity index (χ4n) is 4.25. The van der Waals surface area contributed by atoms with Crippen LogP contribution < -0.4 is 20.1 Å². The van der Waals surface area contributed by atoms with Crippen LogP contribution in [0.4, 0.5) is 19.3 Å². The summed E-state index contributed by atoms with van der Waals surface area (Å²) in [4.78, 5) is 23.5. The number of alkyl carbamates (subject to hydrolysis) is 1. The van der Waals surface area contributed by atoms with Crippen LogP contribution in [-0.2, 0) is 17.9 Å². The number of carboxylic acid groups (broad SMARTS) is 1. The number of carbonyl (C=O) groups is 2.